The van der Waals surface area contributed by atoms with Crippen LogP contribution in [0.25, 0.3) is 17.0 Å². The predicted octanol–water partition coefficient (Wildman–Crippen LogP) is 5.30. The molecule has 0 amide bonds. The molecular formula is C27H20O7. The number of methoxy groups -OCH3 is 1. The highest BCUT2D eigenvalue weighted by molar-refractivity contribution is 5.90. The number of aryl methyl sites for hydroxylation is 1. The molecule has 0 bridgehead atoms. The first-order valence-electron chi connectivity index (χ1n) is 10.3. The number of esters is 2. The molecule has 0 spiro atoms. The van der Waals surface area contributed by atoms with Gasteiger partial charge in [0.15, 0.2) is 0 Å². The van der Waals surface area contributed by atoms with Crippen LogP contribution in [-0.2, 0) is 9.53 Å². The number of carbonyl (C=O) groups is 2. The van der Waals surface area contributed by atoms with E-state index in [9.17, 15) is 14.4 Å². The average molecular weight is 456 g/mol. The minimum Gasteiger partial charge on any atom is -0.465 e. The van der Waals surface area contributed by atoms with Crippen molar-refractivity contribution in [3.8, 4) is 17.2 Å². The van der Waals surface area contributed by atoms with Crippen molar-refractivity contribution in [3.63, 3.8) is 0 Å². The minimum atomic E-state index is -0.558. The average Bonchev–Trinajstić information content (AvgIpc) is 2.85. The lowest BCUT2D eigenvalue weighted by Crippen LogP contribution is -2.08. The molecule has 34 heavy (non-hydrogen) atoms. The normalized spacial score (nSPS) is 10.9. The summed E-state index contributed by atoms with van der Waals surface area (Å²) in [6, 6.07) is 20.0. The summed E-state index contributed by atoms with van der Waals surface area (Å²) in [7, 11) is 1.30. The molecule has 4 aromatic rings. The van der Waals surface area contributed by atoms with Crippen molar-refractivity contribution in [3.05, 3.63) is 106 Å². The van der Waals surface area contributed by atoms with Crippen molar-refractivity contribution in [2.45, 2.75) is 6.92 Å². The Morgan fingerprint density at radius 2 is 1.62 bits per heavy atom. The molecule has 0 atom stereocenters. The van der Waals surface area contributed by atoms with Crippen LogP contribution >= 0.6 is 0 Å². The highest BCUT2D eigenvalue weighted by Gasteiger charge is 2.15. The lowest BCUT2D eigenvalue weighted by atomic mass is 10.2. The number of benzene rings is 3. The summed E-state index contributed by atoms with van der Waals surface area (Å²) < 4.78 is 21.5. The van der Waals surface area contributed by atoms with E-state index < -0.39 is 11.9 Å². The summed E-state index contributed by atoms with van der Waals surface area (Å²) >= 11 is 0. The van der Waals surface area contributed by atoms with Crippen LogP contribution in [0.5, 0.6) is 17.2 Å². The molecule has 3 aromatic carbocycles. The topological polar surface area (TPSA) is 92.0 Å². The summed E-state index contributed by atoms with van der Waals surface area (Å²) in [5.74, 6) is -0.156. The van der Waals surface area contributed by atoms with Gasteiger partial charge in [-0.05, 0) is 55.0 Å². The predicted molar refractivity (Wildman–Crippen MR) is 126 cm³/mol. The largest absolute Gasteiger partial charge is 0.465 e. The van der Waals surface area contributed by atoms with Crippen molar-refractivity contribution < 1.29 is 28.2 Å². The van der Waals surface area contributed by atoms with Gasteiger partial charge in [-0.1, -0.05) is 30.3 Å². The number of rotatable bonds is 6. The first-order chi connectivity index (χ1) is 16.4. The van der Waals surface area contributed by atoms with Gasteiger partial charge in [0, 0.05) is 12.1 Å². The van der Waals surface area contributed by atoms with Crippen molar-refractivity contribution in [2.24, 2.45) is 0 Å². The Labute approximate surface area is 194 Å². The third-order valence-corrected chi connectivity index (χ3v) is 4.91. The highest BCUT2D eigenvalue weighted by atomic mass is 16.5. The maximum atomic E-state index is 13.0. The third-order valence-electron chi connectivity index (χ3n) is 4.91. The fourth-order valence-corrected chi connectivity index (χ4v) is 3.22. The quantitative estimate of drug-likeness (QED) is 0.221. The second-order valence-electron chi connectivity index (χ2n) is 7.26. The van der Waals surface area contributed by atoms with Crippen LogP contribution < -0.4 is 14.9 Å². The highest BCUT2D eigenvalue weighted by Crippen LogP contribution is 2.27. The van der Waals surface area contributed by atoms with E-state index in [4.69, 9.17) is 13.9 Å². The van der Waals surface area contributed by atoms with Gasteiger partial charge in [-0.15, -0.1) is 0 Å². The van der Waals surface area contributed by atoms with E-state index in [1.54, 1.807) is 25.1 Å². The summed E-state index contributed by atoms with van der Waals surface area (Å²) in [6.45, 7) is 1.60. The van der Waals surface area contributed by atoms with E-state index in [1.807, 2.05) is 30.3 Å². The smallest absolute Gasteiger partial charge is 0.337 e. The molecule has 0 radical (unpaired) electrons. The zero-order valence-electron chi connectivity index (χ0n) is 18.4. The third kappa shape index (κ3) is 5.05. The molecule has 0 saturated carbocycles. The Morgan fingerprint density at radius 1 is 0.912 bits per heavy atom. The maximum Gasteiger partial charge on any atom is 0.337 e. The van der Waals surface area contributed by atoms with Crippen LogP contribution in [0.4, 0.5) is 0 Å². The monoisotopic (exact) mass is 456 g/mol. The number of hydrogen-bond donors (Lipinski definition) is 0. The molecule has 0 saturated heterocycles. The Balaban J connectivity index is 1.54. The molecule has 0 aliphatic carbocycles. The van der Waals surface area contributed by atoms with E-state index in [2.05, 4.69) is 4.74 Å². The first-order valence-corrected chi connectivity index (χ1v) is 10.3. The maximum absolute atomic E-state index is 13.0. The fraction of sp³-hybridized carbons (Fsp3) is 0.0741. The van der Waals surface area contributed by atoms with E-state index in [0.717, 1.165) is 5.56 Å². The molecular weight excluding hydrogens is 436 g/mol. The van der Waals surface area contributed by atoms with Gasteiger partial charge in [0.1, 0.15) is 22.8 Å². The van der Waals surface area contributed by atoms with Crippen molar-refractivity contribution in [1.82, 2.24) is 0 Å². The second-order valence-corrected chi connectivity index (χ2v) is 7.26. The van der Waals surface area contributed by atoms with Crippen LogP contribution in [0.2, 0.25) is 0 Å². The number of carbonyl (C=O) groups excluding carboxylic acids is 2. The molecule has 4 rings (SSSR count). The molecule has 7 nitrogen and oxygen atoms in total. The Morgan fingerprint density at radius 3 is 2.32 bits per heavy atom. The van der Waals surface area contributed by atoms with E-state index in [0.29, 0.717) is 11.3 Å². The zero-order valence-corrected chi connectivity index (χ0v) is 18.4. The van der Waals surface area contributed by atoms with Crippen LogP contribution in [0.1, 0.15) is 21.7 Å². The van der Waals surface area contributed by atoms with Crippen molar-refractivity contribution in [1.29, 1.82) is 0 Å². The van der Waals surface area contributed by atoms with Gasteiger partial charge in [-0.3, -0.25) is 4.79 Å². The second kappa shape index (κ2) is 9.87. The van der Waals surface area contributed by atoms with Gasteiger partial charge in [0.05, 0.1) is 18.1 Å². The molecule has 0 fully saturated rings. The van der Waals surface area contributed by atoms with E-state index in [1.165, 1.54) is 43.5 Å². The van der Waals surface area contributed by atoms with Crippen LogP contribution in [0.15, 0.2) is 88.1 Å². The molecule has 0 unspecified atom stereocenters. The van der Waals surface area contributed by atoms with Gasteiger partial charge in [-0.2, -0.15) is 0 Å². The summed E-state index contributed by atoms with van der Waals surface area (Å²) in [5.41, 5.74) is 1.11. The van der Waals surface area contributed by atoms with Gasteiger partial charge in [0.25, 0.3) is 0 Å². The van der Waals surface area contributed by atoms with Gasteiger partial charge in [-0.25, -0.2) is 9.59 Å². The molecule has 0 N–H and O–H groups in total. The molecule has 1 heterocycles. The fourth-order valence-electron chi connectivity index (χ4n) is 3.22. The van der Waals surface area contributed by atoms with Crippen LogP contribution in [0.3, 0.4) is 0 Å². The Bertz CT molecular complexity index is 1430. The molecule has 0 aliphatic heterocycles. The summed E-state index contributed by atoms with van der Waals surface area (Å²) in [6.07, 6.45) is 2.97. The lowest BCUT2D eigenvalue weighted by Gasteiger charge is -2.10. The first kappa shape index (κ1) is 22.5. The molecule has 7 heteroatoms. The lowest BCUT2D eigenvalue weighted by molar-refractivity contribution is -0.128. The summed E-state index contributed by atoms with van der Waals surface area (Å²) in [5, 5.41) is 0.270. The molecule has 170 valence electrons. The van der Waals surface area contributed by atoms with Crippen LogP contribution in [-0.4, -0.2) is 19.0 Å². The zero-order chi connectivity index (χ0) is 24.1. The van der Waals surface area contributed by atoms with Crippen molar-refractivity contribution >= 4 is 29.0 Å². The van der Waals surface area contributed by atoms with Gasteiger partial charge >= 0.3 is 11.9 Å². The van der Waals surface area contributed by atoms with Crippen molar-refractivity contribution in [2.75, 3.05) is 7.11 Å². The Hall–Kier alpha value is -4.65. The molecule has 0 aliphatic rings. The number of ether oxygens (including phenoxy) is 3. The standard InChI is InChI=1S/C27H20O7/c1-17-26(34-20-11-9-19(10-12-20)27(30)31-2)25(29)22-14-13-21(16-23(22)32-17)33-24(28)15-8-18-6-4-3-5-7-18/h3-16H,1-2H3. The van der Waals surface area contributed by atoms with E-state index in [-0.39, 0.29) is 33.7 Å². The SMILES string of the molecule is COC(=O)c1ccc(Oc2c(C)oc3cc(OC(=O)C=Cc4ccccc4)ccc3c2=O)cc1. The van der Waals surface area contributed by atoms with Gasteiger partial charge in [0.2, 0.25) is 11.2 Å². The minimum absolute atomic E-state index is 0.0221. The Kier molecular flexibility index (Phi) is 6.54. The summed E-state index contributed by atoms with van der Waals surface area (Å²) in [4.78, 5) is 36.7. The van der Waals surface area contributed by atoms with E-state index >= 15 is 0 Å². The number of fused-ring (bicyclic) bond motifs is 1. The molecule has 1 aromatic heterocycles. The van der Waals surface area contributed by atoms with Gasteiger partial charge < -0.3 is 18.6 Å². The van der Waals surface area contributed by atoms with Crippen LogP contribution in [0, 0.1) is 6.92 Å². The number of hydrogen-bond acceptors (Lipinski definition) is 7.